The Labute approximate surface area is 228 Å². The van der Waals surface area contributed by atoms with E-state index in [1.165, 1.54) is 12.1 Å². The Hall–Kier alpha value is -4.00. The summed E-state index contributed by atoms with van der Waals surface area (Å²) in [5.74, 6) is -0.523. The van der Waals surface area contributed by atoms with Gasteiger partial charge < -0.3 is 14.4 Å². The zero-order valence-corrected chi connectivity index (χ0v) is 24.1. The lowest BCUT2D eigenvalue weighted by Gasteiger charge is -2.32. The van der Waals surface area contributed by atoms with Crippen molar-refractivity contribution in [3.05, 3.63) is 46.4 Å². The Balaban J connectivity index is 0.00000205. The van der Waals surface area contributed by atoms with Gasteiger partial charge in [0.25, 0.3) is 0 Å². The molecule has 0 saturated heterocycles. The van der Waals surface area contributed by atoms with E-state index in [0.29, 0.717) is 35.3 Å². The fraction of sp³-hybridized carbons (Fsp3) is 0.483. The summed E-state index contributed by atoms with van der Waals surface area (Å²) in [5.41, 5.74) is 1.64. The van der Waals surface area contributed by atoms with Crippen molar-refractivity contribution in [3.63, 3.8) is 0 Å². The van der Waals surface area contributed by atoms with Gasteiger partial charge in [-0.1, -0.05) is 19.9 Å². The van der Waals surface area contributed by atoms with Crippen LogP contribution in [0.4, 0.5) is 14.0 Å². The molecule has 208 valence electrons. The zero-order valence-electron chi connectivity index (χ0n) is 24.1. The molecule has 0 atom stereocenters. The first-order chi connectivity index (χ1) is 18.2. The Bertz CT molecular complexity index is 1460. The van der Waals surface area contributed by atoms with Crippen molar-refractivity contribution in [2.24, 2.45) is 0 Å². The summed E-state index contributed by atoms with van der Waals surface area (Å²) in [6.07, 6.45) is -0.774. The van der Waals surface area contributed by atoms with E-state index in [1.54, 1.807) is 59.4 Å². The molecule has 0 saturated carbocycles. The van der Waals surface area contributed by atoms with Crippen LogP contribution in [-0.2, 0) is 22.4 Å². The van der Waals surface area contributed by atoms with Gasteiger partial charge in [-0.25, -0.2) is 19.0 Å². The van der Waals surface area contributed by atoms with Crippen LogP contribution in [-0.4, -0.2) is 49.6 Å². The number of halogens is 1. The first-order valence-electron chi connectivity index (χ1n) is 13.0. The minimum Gasteiger partial charge on any atom is -0.444 e. The maximum absolute atomic E-state index is 15.3. The molecule has 4 rings (SSSR count). The average molecular weight is 538 g/mol. The highest BCUT2D eigenvalue weighted by Gasteiger charge is 2.30. The van der Waals surface area contributed by atoms with Crippen molar-refractivity contribution in [2.75, 3.05) is 6.54 Å². The van der Waals surface area contributed by atoms with Crippen LogP contribution in [0.15, 0.2) is 18.2 Å². The molecule has 10 heteroatoms. The first kappa shape index (κ1) is 29.6. The summed E-state index contributed by atoms with van der Waals surface area (Å²) in [6.45, 7) is 16.9. The third-order valence-electron chi connectivity index (χ3n) is 5.75. The molecule has 1 aromatic carbocycles. The number of fused-ring (bicyclic) bond motifs is 2. The van der Waals surface area contributed by atoms with Crippen LogP contribution in [0.25, 0.3) is 22.3 Å². The van der Waals surface area contributed by atoms with Crippen LogP contribution in [0.3, 0.4) is 0 Å². The fourth-order valence-electron chi connectivity index (χ4n) is 4.27. The van der Waals surface area contributed by atoms with E-state index in [1.807, 2.05) is 13.8 Å². The van der Waals surface area contributed by atoms with Gasteiger partial charge in [-0.05, 0) is 78.1 Å². The third-order valence-corrected chi connectivity index (χ3v) is 5.75. The van der Waals surface area contributed by atoms with Gasteiger partial charge in [-0.2, -0.15) is 15.0 Å². The minimum atomic E-state index is -0.742. The third kappa shape index (κ3) is 6.36. The highest BCUT2D eigenvalue weighted by atomic mass is 19.1. The van der Waals surface area contributed by atoms with Crippen molar-refractivity contribution < 1.29 is 23.5 Å². The van der Waals surface area contributed by atoms with E-state index < -0.39 is 29.2 Å². The number of carbonyl (C=O) groups is 2. The molecule has 9 nitrogen and oxygen atoms in total. The predicted molar refractivity (Wildman–Crippen MR) is 146 cm³/mol. The minimum absolute atomic E-state index is 0.0964. The Morgan fingerprint density at radius 2 is 1.67 bits per heavy atom. The average Bonchev–Trinajstić information content (AvgIpc) is 3.17. The second-order valence-corrected chi connectivity index (χ2v) is 11.1. The van der Waals surface area contributed by atoms with Crippen molar-refractivity contribution in [3.8, 4) is 17.3 Å². The van der Waals surface area contributed by atoms with Crippen molar-refractivity contribution in [1.82, 2.24) is 19.7 Å². The quantitative estimate of drug-likeness (QED) is 0.347. The largest absolute Gasteiger partial charge is 0.444 e. The van der Waals surface area contributed by atoms with Gasteiger partial charge in [0.15, 0.2) is 0 Å². The van der Waals surface area contributed by atoms with Gasteiger partial charge in [-0.15, -0.1) is 0 Å². The van der Waals surface area contributed by atoms with E-state index in [0.717, 1.165) is 10.2 Å². The number of nitriles is 1. The molecule has 0 N–H and O–H groups in total. The van der Waals surface area contributed by atoms with Crippen molar-refractivity contribution in [1.29, 1.82) is 5.26 Å². The molecular weight excluding hydrogens is 501 g/mol. The molecule has 0 bridgehead atoms. The van der Waals surface area contributed by atoms with E-state index in [2.05, 4.69) is 16.2 Å². The summed E-state index contributed by atoms with van der Waals surface area (Å²) >= 11 is 0. The van der Waals surface area contributed by atoms with E-state index in [9.17, 15) is 14.9 Å². The number of rotatable bonds is 1. The number of benzene rings is 1. The lowest BCUT2D eigenvalue weighted by Crippen LogP contribution is -2.40. The van der Waals surface area contributed by atoms with Gasteiger partial charge in [0, 0.05) is 18.7 Å². The molecule has 3 aromatic rings. The highest BCUT2D eigenvalue weighted by molar-refractivity contribution is 5.91. The lowest BCUT2D eigenvalue weighted by molar-refractivity contribution is 0.0223. The number of carbonyl (C=O) groups excluding carboxylic acids is 2. The summed E-state index contributed by atoms with van der Waals surface area (Å²) in [4.78, 5) is 31.5. The Morgan fingerprint density at radius 3 is 2.26 bits per heavy atom. The number of ether oxygens (including phenoxy) is 2. The summed E-state index contributed by atoms with van der Waals surface area (Å²) in [6, 6.07) is 6.53. The molecule has 39 heavy (non-hydrogen) atoms. The fourth-order valence-corrected chi connectivity index (χ4v) is 4.27. The summed E-state index contributed by atoms with van der Waals surface area (Å²) in [7, 11) is 0. The van der Waals surface area contributed by atoms with Crippen LogP contribution >= 0.6 is 0 Å². The summed E-state index contributed by atoms with van der Waals surface area (Å²) in [5, 5.41) is 14.2. The van der Waals surface area contributed by atoms with Crippen LogP contribution in [0, 0.1) is 24.1 Å². The predicted octanol–water partition coefficient (Wildman–Crippen LogP) is 6.52. The second-order valence-electron chi connectivity index (χ2n) is 11.1. The topological polar surface area (TPSA) is 110 Å². The SMILES string of the molecule is CC.Cc1nn(C(=O)OC(C)(C)C)c2cc(C#N)c(-c3c(F)ccc4c3CCN(C(=O)OC(C)(C)C)C4)nc12. The molecule has 0 unspecified atom stereocenters. The highest BCUT2D eigenvalue weighted by Crippen LogP contribution is 2.35. The zero-order chi connectivity index (χ0) is 29.3. The van der Waals surface area contributed by atoms with E-state index >= 15 is 4.39 Å². The molecule has 0 spiro atoms. The normalized spacial score (nSPS) is 13.2. The van der Waals surface area contributed by atoms with Crippen LogP contribution in [0.1, 0.15) is 77.8 Å². The molecule has 1 aliphatic rings. The number of aromatic nitrogens is 3. The molecule has 0 fully saturated rings. The van der Waals surface area contributed by atoms with E-state index in [4.69, 9.17) is 9.47 Å². The number of amides is 1. The van der Waals surface area contributed by atoms with Gasteiger partial charge in [0.05, 0.1) is 17.0 Å². The molecular formula is C29H36FN5O4. The molecule has 2 aromatic heterocycles. The van der Waals surface area contributed by atoms with Crippen LogP contribution in [0.2, 0.25) is 0 Å². The van der Waals surface area contributed by atoms with Gasteiger partial charge in [-0.3, -0.25) is 0 Å². The number of aryl methyl sites for hydroxylation is 1. The van der Waals surface area contributed by atoms with E-state index in [-0.39, 0.29) is 23.4 Å². The molecule has 3 heterocycles. The van der Waals surface area contributed by atoms with Gasteiger partial charge >= 0.3 is 12.2 Å². The van der Waals surface area contributed by atoms with Crippen LogP contribution in [0.5, 0.6) is 0 Å². The standard InChI is InChI=1S/C27H30FN5O4.C2H6/c1-15-22-20(33(31-15)25(35)37-27(5,6)7)12-17(13-29)23(30-22)21-18-10-11-32(24(34)36-26(2,3)4)14-16(18)8-9-19(21)28;1-2/h8-9,12H,10-11,14H2,1-7H3;1-2H3. The lowest BCUT2D eigenvalue weighted by atomic mass is 9.91. The Kier molecular flexibility index (Phi) is 8.34. The smallest absolute Gasteiger partial charge is 0.435 e. The molecule has 0 aliphatic carbocycles. The number of pyridine rings is 1. The van der Waals surface area contributed by atoms with Crippen molar-refractivity contribution >= 4 is 23.2 Å². The Morgan fingerprint density at radius 1 is 1.05 bits per heavy atom. The monoisotopic (exact) mass is 537 g/mol. The number of hydrogen-bond acceptors (Lipinski definition) is 7. The van der Waals surface area contributed by atoms with Crippen molar-refractivity contribution in [2.45, 2.75) is 86.5 Å². The van der Waals surface area contributed by atoms with Crippen LogP contribution < -0.4 is 0 Å². The van der Waals surface area contributed by atoms with Gasteiger partial charge in [0.1, 0.15) is 34.1 Å². The maximum Gasteiger partial charge on any atom is 0.435 e. The number of hydrogen-bond donors (Lipinski definition) is 0. The first-order valence-corrected chi connectivity index (χ1v) is 13.0. The van der Waals surface area contributed by atoms with Gasteiger partial charge in [0.2, 0.25) is 0 Å². The summed E-state index contributed by atoms with van der Waals surface area (Å²) < 4.78 is 27.3. The molecule has 0 radical (unpaired) electrons. The number of nitrogens with zero attached hydrogens (tertiary/aromatic N) is 5. The maximum atomic E-state index is 15.3. The molecule has 1 aliphatic heterocycles. The second kappa shape index (κ2) is 11.0. The molecule has 1 amide bonds.